The van der Waals surface area contributed by atoms with Gasteiger partial charge in [-0.15, -0.1) is 0 Å². The van der Waals surface area contributed by atoms with Crippen LogP contribution in [-0.2, 0) is 9.59 Å². The van der Waals surface area contributed by atoms with Crippen molar-refractivity contribution in [3.05, 3.63) is 35.4 Å². The van der Waals surface area contributed by atoms with Crippen LogP contribution in [0.3, 0.4) is 0 Å². The quantitative estimate of drug-likeness (QED) is 0.619. The number of methoxy groups -OCH3 is 1. The minimum Gasteiger partial charge on any atom is -0.497 e. The molecule has 6 nitrogen and oxygen atoms in total. The lowest BCUT2D eigenvalue weighted by Gasteiger charge is -2.18. The van der Waals surface area contributed by atoms with Crippen molar-refractivity contribution in [2.75, 3.05) is 7.11 Å². The van der Waals surface area contributed by atoms with Gasteiger partial charge in [0, 0.05) is 18.4 Å². The average Bonchev–Trinajstić information content (AvgIpc) is 2.84. The normalized spacial score (nSPS) is 13.6. The van der Waals surface area contributed by atoms with Crippen molar-refractivity contribution in [2.45, 2.75) is 12.8 Å². The van der Waals surface area contributed by atoms with E-state index < -0.39 is 11.8 Å². The Morgan fingerprint density at radius 3 is 2.33 bits per heavy atom. The number of nitrogens with zero attached hydrogens (tertiary/aromatic N) is 3. The van der Waals surface area contributed by atoms with E-state index in [1.54, 1.807) is 36.4 Å². The van der Waals surface area contributed by atoms with Crippen LogP contribution in [0.2, 0.25) is 0 Å². The van der Waals surface area contributed by atoms with Gasteiger partial charge in [0.15, 0.2) is 5.57 Å². The number of hydrogen-bond donors (Lipinski definition) is 0. The van der Waals surface area contributed by atoms with E-state index in [4.69, 9.17) is 15.3 Å². The molecule has 0 radical (unpaired) electrons. The van der Waals surface area contributed by atoms with Crippen molar-refractivity contribution in [1.29, 1.82) is 10.5 Å². The first-order chi connectivity index (χ1) is 10.1. The van der Waals surface area contributed by atoms with Crippen LogP contribution in [0.25, 0.3) is 5.70 Å². The number of hydrogen-bond acceptors (Lipinski definition) is 5. The number of carbonyl (C=O) groups is 2. The molecule has 6 heteroatoms. The number of ether oxygens (including phenoxy) is 1. The second-order valence-corrected chi connectivity index (χ2v) is 4.30. The van der Waals surface area contributed by atoms with Crippen LogP contribution in [-0.4, -0.2) is 23.8 Å². The molecule has 1 aliphatic rings. The molecule has 1 saturated heterocycles. The summed E-state index contributed by atoms with van der Waals surface area (Å²) in [4.78, 5) is 24.7. The van der Waals surface area contributed by atoms with Crippen LogP contribution in [0.1, 0.15) is 18.4 Å². The molecule has 1 fully saturated rings. The summed E-state index contributed by atoms with van der Waals surface area (Å²) < 4.78 is 5.09. The third-order valence-electron chi connectivity index (χ3n) is 3.08. The molecule has 104 valence electrons. The molecule has 2 rings (SSSR count). The molecule has 0 N–H and O–H groups in total. The van der Waals surface area contributed by atoms with Crippen molar-refractivity contribution in [3.8, 4) is 17.9 Å². The highest BCUT2D eigenvalue weighted by molar-refractivity contribution is 6.10. The predicted molar refractivity (Wildman–Crippen MR) is 72.2 cm³/mol. The zero-order valence-electron chi connectivity index (χ0n) is 11.3. The minimum atomic E-state index is -0.416. The molecule has 0 atom stereocenters. The Morgan fingerprint density at radius 1 is 1.19 bits per heavy atom. The highest BCUT2D eigenvalue weighted by Gasteiger charge is 2.34. The largest absolute Gasteiger partial charge is 0.497 e. The van der Waals surface area contributed by atoms with Gasteiger partial charge in [-0.3, -0.25) is 9.59 Å². The SMILES string of the molecule is COc1cccc(C(=C(C#N)C#N)N2C(=O)CCC2=O)c1. The van der Waals surface area contributed by atoms with Crippen LogP contribution >= 0.6 is 0 Å². The van der Waals surface area contributed by atoms with Gasteiger partial charge in [0.2, 0.25) is 11.8 Å². The van der Waals surface area contributed by atoms with Crippen molar-refractivity contribution in [1.82, 2.24) is 4.90 Å². The maximum Gasteiger partial charge on any atom is 0.234 e. The van der Waals surface area contributed by atoms with Gasteiger partial charge in [-0.2, -0.15) is 10.5 Å². The lowest BCUT2D eigenvalue weighted by atomic mass is 10.1. The van der Waals surface area contributed by atoms with E-state index in [0.717, 1.165) is 4.90 Å². The summed E-state index contributed by atoms with van der Waals surface area (Å²) in [6.07, 6.45) is 0.160. The number of benzene rings is 1. The van der Waals surface area contributed by atoms with Gasteiger partial charge >= 0.3 is 0 Å². The summed E-state index contributed by atoms with van der Waals surface area (Å²) in [5.41, 5.74) is 0.148. The topological polar surface area (TPSA) is 94.2 Å². The summed E-state index contributed by atoms with van der Waals surface area (Å²) >= 11 is 0. The second kappa shape index (κ2) is 5.89. The lowest BCUT2D eigenvalue weighted by Crippen LogP contribution is -2.28. The molecular weight excluding hydrogens is 270 g/mol. The van der Waals surface area contributed by atoms with Gasteiger partial charge in [0.1, 0.15) is 17.9 Å². The summed E-state index contributed by atoms with van der Waals surface area (Å²) in [5.74, 6) is -0.332. The Kier molecular flexibility index (Phi) is 4.01. The zero-order valence-corrected chi connectivity index (χ0v) is 11.3. The highest BCUT2D eigenvalue weighted by Crippen LogP contribution is 2.30. The van der Waals surface area contributed by atoms with Crippen LogP contribution in [0.5, 0.6) is 5.75 Å². The Hall–Kier alpha value is -3.12. The fraction of sp³-hybridized carbons (Fsp3) is 0.200. The van der Waals surface area contributed by atoms with E-state index in [2.05, 4.69) is 0 Å². The molecule has 1 aliphatic heterocycles. The van der Waals surface area contributed by atoms with Crippen LogP contribution in [0, 0.1) is 22.7 Å². The summed E-state index contributed by atoms with van der Waals surface area (Å²) in [6.45, 7) is 0. The molecule has 2 amide bonds. The summed E-state index contributed by atoms with van der Waals surface area (Å²) in [7, 11) is 1.48. The molecule has 0 aliphatic carbocycles. The Bertz CT molecular complexity index is 690. The van der Waals surface area contributed by atoms with Crippen molar-refractivity contribution >= 4 is 17.5 Å². The first-order valence-electron chi connectivity index (χ1n) is 6.17. The van der Waals surface area contributed by atoms with Gasteiger partial charge in [0.25, 0.3) is 0 Å². The second-order valence-electron chi connectivity index (χ2n) is 4.30. The third kappa shape index (κ3) is 2.60. The molecule has 0 aromatic heterocycles. The van der Waals surface area contributed by atoms with E-state index in [9.17, 15) is 9.59 Å². The lowest BCUT2D eigenvalue weighted by molar-refractivity contribution is -0.134. The number of imide groups is 1. The van der Waals surface area contributed by atoms with E-state index >= 15 is 0 Å². The smallest absolute Gasteiger partial charge is 0.234 e. The third-order valence-corrected chi connectivity index (χ3v) is 3.08. The molecule has 21 heavy (non-hydrogen) atoms. The number of allylic oxidation sites excluding steroid dienone is 1. The minimum absolute atomic E-state index is 0.0198. The number of likely N-dealkylation sites (tertiary alicyclic amines) is 1. The Morgan fingerprint density at radius 2 is 1.81 bits per heavy atom. The average molecular weight is 281 g/mol. The number of carbonyl (C=O) groups excluding carboxylic acids is 2. The van der Waals surface area contributed by atoms with Crippen LogP contribution < -0.4 is 4.74 Å². The molecule has 0 spiro atoms. The highest BCUT2D eigenvalue weighted by atomic mass is 16.5. The first-order valence-corrected chi connectivity index (χ1v) is 6.17. The van der Waals surface area contributed by atoms with Crippen molar-refractivity contribution < 1.29 is 14.3 Å². The molecule has 1 aromatic rings. The fourth-order valence-corrected chi connectivity index (χ4v) is 2.11. The van der Waals surface area contributed by atoms with Crippen LogP contribution in [0.4, 0.5) is 0 Å². The zero-order chi connectivity index (χ0) is 15.4. The Labute approximate surface area is 121 Å². The number of rotatable bonds is 3. The monoisotopic (exact) mass is 281 g/mol. The Balaban J connectivity index is 2.66. The van der Waals surface area contributed by atoms with Gasteiger partial charge in [-0.25, -0.2) is 4.90 Å². The maximum absolute atomic E-state index is 11.9. The van der Waals surface area contributed by atoms with Crippen molar-refractivity contribution in [3.63, 3.8) is 0 Å². The number of amides is 2. The van der Waals surface area contributed by atoms with E-state index in [1.165, 1.54) is 7.11 Å². The molecule has 0 bridgehead atoms. The van der Waals surface area contributed by atoms with E-state index in [-0.39, 0.29) is 24.1 Å². The van der Waals surface area contributed by atoms with Gasteiger partial charge < -0.3 is 4.74 Å². The van der Waals surface area contributed by atoms with Gasteiger partial charge in [0.05, 0.1) is 12.8 Å². The predicted octanol–water partition coefficient (Wildman–Crippen LogP) is 1.60. The van der Waals surface area contributed by atoms with Crippen molar-refractivity contribution in [2.24, 2.45) is 0 Å². The summed E-state index contributed by atoms with van der Waals surface area (Å²) in [5, 5.41) is 18.2. The fourth-order valence-electron chi connectivity index (χ4n) is 2.11. The molecular formula is C15H11N3O3. The van der Waals surface area contributed by atoms with E-state index in [0.29, 0.717) is 11.3 Å². The molecule has 0 unspecified atom stereocenters. The van der Waals surface area contributed by atoms with Gasteiger partial charge in [-0.1, -0.05) is 12.1 Å². The van der Waals surface area contributed by atoms with E-state index in [1.807, 2.05) is 0 Å². The van der Waals surface area contributed by atoms with Crippen LogP contribution in [0.15, 0.2) is 29.8 Å². The molecule has 0 saturated carbocycles. The standard InChI is InChI=1S/C15H11N3O3/c1-21-12-4-2-3-10(7-12)15(11(8-16)9-17)18-13(19)5-6-14(18)20/h2-4,7H,5-6H2,1H3. The first kappa shape index (κ1) is 14.3. The molecule has 1 aromatic carbocycles. The number of nitriles is 2. The summed E-state index contributed by atoms with van der Waals surface area (Å²) in [6, 6.07) is 10.0. The maximum atomic E-state index is 11.9. The molecule has 1 heterocycles. The van der Waals surface area contributed by atoms with Gasteiger partial charge in [-0.05, 0) is 12.1 Å².